The van der Waals surface area contributed by atoms with E-state index in [9.17, 15) is 0 Å². The van der Waals surface area contributed by atoms with E-state index >= 15 is 0 Å². The summed E-state index contributed by atoms with van der Waals surface area (Å²) < 4.78 is 0. The molecule has 96 valence electrons. The maximum atomic E-state index is 3.35. The van der Waals surface area contributed by atoms with E-state index in [1.54, 1.807) is 0 Å². The fourth-order valence-electron chi connectivity index (χ4n) is 2.74. The lowest BCUT2D eigenvalue weighted by molar-refractivity contribution is 0.160. The van der Waals surface area contributed by atoms with E-state index in [-0.39, 0.29) is 0 Å². The molecule has 0 spiro atoms. The van der Waals surface area contributed by atoms with Gasteiger partial charge < -0.3 is 10.2 Å². The van der Waals surface area contributed by atoms with Crippen LogP contribution in [0.1, 0.15) is 46.5 Å². The van der Waals surface area contributed by atoms with Crippen molar-refractivity contribution >= 4 is 0 Å². The van der Waals surface area contributed by atoms with Gasteiger partial charge in [-0.05, 0) is 57.2 Å². The molecule has 1 N–H and O–H groups in total. The molecule has 2 nitrogen and oxygen atoms in total. The van der Waals surface area contributed by atoms with Gasteiger partial charge in [0.25, 0.3) is 0 Å². The van der Waals surface area contributed by atoms with E-state index in [1.165, 1.54) is 45.3 Å². The summed E-state index contributed by atoms with van der Waals surface area (Å²) in [6.07, 6.45) is 5.46. The number of hydrogen-bond acceptors (Lipinski definition) is 2. The SMILES string of the molecule is CCC(C)(CNC)CN1CCCC(C)CC1. The molecule has 0 amide bonds. The molecule has 2 heteroatoms. The summed E-state index contributed by atoms with van der Waals surface area (Å²) in [4.78, 5) is 2.68. The fraction of sp³-hybridized carbons (Fsp3) is 1.00. The molecule has 0 aliphatic carbocycles. The van der Waals surface area contributed by atoms with Crippen LogP contribution >= 0.6 is 0 Å². The molecule has 0 aromatic rings. The second-order valence-electron chi connectivity index (χ2n) is 6.01. The molecule has 0 aromatic heterocycles. The van der Waals surface area contributed by atoms with E-state index in [2.05, 4.69) is 38.0 Å². The van der Waals surface area contributed by atoms with Crippen LogP contribution in [0, 0.1) is 11.3 Å². The van der Waals surface area contributed by atoms with Gasteiger partial charge in [-0.2, -0.15) is 0 Å². The number of nitrogens with zero attached hydrogens (tertiary/aromatic N) is 1. The van der Waals surface area contributed by atoms with Crippen LogP contribution in [0.4, 0.5) is 0 Å². The molecule has 2 atom stereocenters. The summed E-state index contributed by atoms with van der Waals surface area (Å²) in [6.45, 7) is 12.1. The Hall–Kier alpha value is -0.0800. The molecule has 0 saturated carbocycles. The van der Waals surface area contributed by atoms with Crippen molar-refractivity contribution in [3.8, 4) is 0 Å². The minimum absolute atomic E-state index is 0.447. The number of likely N-dealkylation sites (tertiary alicyclic amines) is 1. The van der Waals surface area contributed by atoms with Crippen molar-refractivity contribution in [2.24, 2.45) is 11.3 Å². The summed E-state index contributed by atoms with van der Waals surface area (Å²) in [5.41, 5.74) is 0.447. The molecule has 1 saturated heterocycles. The Kier molecular flexibility index (Phi) is 5.77. The summed E-state index contributed by atoms with van der Waals surface area (Å²) >= 11 is 0. The zero-order valence-corrected chi connectivity index (χ0v) is 11.7. The van der Waals surface area contributed by atoms with Gasteiger partial charge in [0.05, 0.1) is 0 Å². The molecule has 16 heavy (non-hydrogen) atoms. The van der Waals surface area contributed by atoms with Crippen molar-refractivity contribution in [3.05, 3.63) is 0 Å². The lowest BCUT2D eigenvalue weighted by Crippen LogP contribution is -2.41. The van der Waals surface area contributed by atoms with Gasteiger partial charge in [-0.15, -0.1) is 0 Å². The number of rotatable bonds is 5. The maximum absolute atomic E-state index is 3.35. The highest BCUT2D eigenvalue weighted by atomic mass is 15.1. The molecule has 1 fully saturated rings. The van der Waals surface area contributed by atoms with Crippen LogP contribution in [0.5, 0.6) is 0 Å². The van der Waals surface area contributed by atoms with E-state index in [1.807, 2.05) is 0 Å². The first-order chi connectivity index (χ1) is 7.59. The van der Waals surface area contributed by atoms with E-state index in [0.29, 0.717) is 5.41 Å². The van der Waals surface area contributed by atoms with Crippen molar-refractivity contribution in [3.63, 3.8) is 0 Å². The molecular formula is C14H30N2. The first-order valence-corrected chi connectivity index (χ1v) is 6.96. The molecule has 1 heterocycles. The monoisotopic (exact) mass is 226 g/mol. The zero-order valence-electron chi connectivity index (χ0n) is 11.7. The third kappa shape index (κ3) is 4.42. The molecule has 0 bridgehead atoms. The predicted molar refractivity (Wildman–Crippen MR) is 71.8 cm³/mol. The smallest absolute Gasteiger partial charge is 0.00474 e. The summed E-state index contributed by atoms with van der Waals surface area (Å²) in [5, 5.41) is 3.35. The van der Waals surface area contributed by atoms with Crippen LogP contribution < -0.4 is 5.32 Å². The van der Waals surface area contributed by atoms with Crippen LogP contribution in [0.3, 0.4) is 0 Å². The second kappa shape index (κ2) is 6.61. The zero-order chi connectivity index (χ0) is 12.0. The van der Waals surface area contributed by atoms with E-state index in [0.717, 1.165) is 12.5 Å². The summed E-state index contributed by atoms with van der Waals surface area (Å²) in [7, 11) is 2.07. The van der Waals surface area contributed by atoms with Crippen molar-refractivity contribution in [1.29, 1.82) is 0 Å². The van der Waals surface area contributed by atoms with E-state index < -0.39 is 0 Å². The van der Waals surface area contributed by atoms with Crippen molar-refractivity contribution in [2.45, 2.75) is 46.5 Å². The summed E-state index contributed by atoms with van der Waals surface area (Å²) in [5.74, 6) is 0.933. The van der Waals surface area contributed by atoms with E-state index in [4.69, 9.17) is 0 Å². The Labute approximate surface area is 102 Å². The Balaban J connectivity index is 2.44. The van der Waals surface area contributed by atoms with Gasteiger partial charge in [0.2, 0.25) is 0 Å². The van der Waals surface area contributed by atoms with Crippen molar-refractivity contribution < 1.29 is 0 Å². The first kappa shape index (κ1) is 14.0. The van der Waals surface area contributed by atoms with Gasteiger partial charge in [-0.1, -0.05) is 20.8 Å². The quantitative estimate of drug-likeness (QED) is 0.775. The lowest BCUT2D eigenvalue weighted by atomic mass is 9.86. The molecular weight excluding hydrogens is 196 g/mol. The molecule has 2 unspecified atom stereocenters. The van der Waals surface area contributed by atoms with Crippen LogP contribution in [0.25, 0.3) is 0 Å². The average molecular weight is 226 g/mol. The number of nitrogens with one attached hydrogen (secondary N) is 1. The second-order valence-corrected chi connectivity index (χ2v) is 6.01. The maximum Gasteiger partial charge on any atom is 0.00474 e. The van der Waals surface area contributed by atoms with Gasteiger partial charge in [0.1, 0.15) is 0 Å². The highest BCUT2D eigenvalue weighted by molar-refractivity contribution is 4.80. The predicted octanol–water partition coefficient (Wildman–Crippen LogP) is 2.74. The third-order valence-electron chi connectivity index (χ3n) is 4.17. The molecule has 1 aliphatic rings. The average Bonchev–Trinajstić information content (AvgIpc) is 2.44. The molecule has 0 aromatic carbocycles. The van der Waals surface area contributed by atoms with Crippen LogP contribution in [0.2, 0.25) is 0 Å². The van der Waals surface area contributed by atoms with Crippen molar-refractivity contribution in [2.75, 3.05) is 33.2 Å². The van der Waals surface area contributed by atoms with Gasteiger partial charge in [-0.3, -0.25) is 0 Å². The molecule has 1 aliphatic heterocycles. The Morgan fingerprint density at radius 3 is 2.69 bits per heavy atom. The molecule has 1 rings (SSSR count). The fourth-order valence-corrected chi connectivity index (χ4v) is 2.74. The largest absolute Gasteiger partial charge is 0.319 e. The van der Waals surface area contributed by atoms with Crippen LogP contribution in [-0.2, 0) is 0 Å². The molecule has 0 radical (unpaired) electrons. The summed E-state index contributed by atoms with van der Waals surface area (Å²) in [6, 6.07) is 0. The van der Waals surface area contributed by atoms with Gasteiger partial charge in [-0.25, -0.2) is 0 Å². The first-order valence-electron chi connectivity index (χ1n) is 6.96. The lowest BCUT2D eigenvalue weighted by Gasteiger charge is -2.34. The Bertz CT molecular complexity index is 193. The van der Waals surface area contributed by atoms with Gasteiger partial charge in [0.15, 0.2) is 0 Å². The Morgan fingerprint density at radius 1 is 1.31 bits per heavy atom. The van der Waals surface area contributed by atoms with Crippen molar-refractivity contribution in [1.82, 2.24) is 10.2 Å². The van der Waals surface area contributed by atoms with Gasteiger partial charge >= 0.3 is 0 Å². The van der Waals surface area contributed by atoms with Crippen LogP contribution in [-0.4, -0.2) is 38.1 Å². The minimum atomic E-state index is 0.447. The minimum Gasteiger partial charge on any atom is -0.319 e. The highest BCUT2D eigenvalue weighted by Gasteiger charge is 2.25. The number of hydrogen-bond donors (Lipinski definition) is 1. The topological polar surface area (TPSA) is 15.3 Å². The normalized spacial score (nSPS) is 27.4. The van der Waals surface area contributed by atoms with Crippen LogP contribution in [0.15, 0.2) is 0 Å². The highest BCUT2D eigenvalue weighted by Crippen LogP contribution is 2.24. The standard InChI is InChI=1S/C14H30N2/c1-5-14(3,11-15-4)12-16-9-6-7-13(2)8-10-16/h13,15H,5-12H2,1-4H3. The third-order valence-corrected chi connectivity index (χ3v) is 4.17. The van der Waals surface area contributed by atoms with Gasteiger partial charge in [0, 0.05) is 13.1 Å². The Morgan fingerprint density at radius 2 is 2.06 bits per heavy atom.